The van der Waals surface area contributed by atoms with Crippen LogP contribution < -0.4 is 0 Å². The first-order valence-electron chi connectivity index (χ1n) is 5.92. The molecule has 0 fully saturated rings. The summed E-state index contributed by atoms with van der Waals surface area (Å²) >= 11 is 3.51. The van der Waals surface area contributed by atoms with Gasteiger partial charge in [-0.3, -0.25) is 0 Å². The highest BCUT2D eigenvalue weighted by molar-refractivity contribution is 9.10. The molecule has 3 aromatic rings. The summed E-state index contributed by atoms with van der Waals surface area (Å²) in [4.78, 5) is 14.9. The molecule has 20 heavy (non-hydrogen) atoms. The van der Waals surface area contributed by atoms with Crippen molar-refractivity contribution < 1.29 is 9.90 Å². The molecule has 0 aliphatic carbocycles. The lowest BCUT2D eigenvalue weighted by Crippen LogP contribution is -2.03. The molecule has 100 valence electrons. The largest absolute Gasteiger partial charge is 0.475 e. The molecule has 0 atom stereocenters. The highest BCUT2D eigenvalue weighted by Gasteiger charge is 2.15. The third kappa shape index (κ3) is 1.98. The van der Waals surface area contributed by atoms with Gasteiger partial charge in [-0.15, -0.1) is 5.10 Å². The first kappa shape index (κ1) is 12.8. The van der Waals surface area contributed by atoms with E-state index < -0.39 is 5.97 Å². The third-order valence-electron chi connectivity index (χ3n) is 3.04. The number of aromatic nitrogens is 3. The molecule has 3 rings (SSSR count). The summed E-state index contributed by atoms with van der Waals surface area (Å²) in [7, 11) is 0. The Labute approximate surface area is 123 Å². The van der Waals surface area contributed by atoms with E-state index in [-0.39, 0.29) is 5.82 Å². The molecular formula is C14H10BrN3O2. The van der Waals surface area contributed by atoms with Crippen LogP contribution in [0.15, 0.2) is 40.9 Å². The molecule has 0 unspecified atom stereocenters. The second kappa shape index (κ2) is 4.72. The van der Waals surface area contributed by atoms with Gasteiger partial charge in [-0.2, -0.15) is 0 Å². The minimum atomic E-state index is -1.13. The van der Waals surface area contributed by atoms with Gasteiger partial charge in [-0.05, 0) is 24.4 Å². The van der Waals surface area contributed by atoms with Crippen molar-refractivity contribution in [2.24, 2.45) is 0 Å². The molecule has 6 heteroatoms. The highest BCUT2D eigenvalue weighted by Crippen LogP contribution is 2.29. The number of fused-ring (bicyclic) bond motifs is 1. The highest BCUT2D eigenvalue weighted by atomic mass is 79.9. The van der Waals surface area contributed by atoms with Crippen molar-refractivity contribution in [3.8, 4) is 5.69 Å². The molecule has 1 N–H and O–H groups in total. The number of hydrogen-bond acceptors (Lipinski definition) is 3. The van der Waals surface area contributed by atoms with E-state index in [0.717, 1.165) is 20.9 Å². The van der Waals surface area contributed by atoms with Crippen LogP contribution in [0.2, 0.25) is 0 Å². The maximum absolute atomic E-state index is 11.0. The van der Waals surface area contributed by atoms with E-state index in [9.17, 15) is 4.79 Å². The van der Waals surface area contributed by atoms with Crippen LogP contribution in [0, 0.1) is 6.92 Å². The molecule has 0 aliphatic rings. The summed E-state index contributed by atoms with van der Waals surface area (Å²) in [6.45, 7) is 1.73. The molecule has 1 aromatic heterocycles. The Bertz CT molecular complexity index is 826. The zero-order chi connectivity index (χ0) is 14.3. The van der Waals surface area contributed by atoms with Crippen LogP contribution in [-0.2, 0) is 0 Å². The van der Waals surface area contributed by atoms with Crippen molar-refractivity contribution >= 4 is 32.7 Å². The number of nitrogens with zero attached hydrogens (tertiary/aromatic N) is 3. The second-order valence-corrected chi connectivity index (χ2v) is 5.17. The van der Waals surface area contributed by atoms with E-state index >= 15 is 0 Å². The smallest absolute Gasteiger partial charge is 0.375 e. The number of aromatic carboxylic acids is 1. The average Bonchev–Trinajstić information content (AvgIpc) is 2.82. The van der Waals surface area contributed by atoms with Crippen LogP contribution in [0.5, 0.6) is 0 Å². The molecular weight excluding hydrogens is 322 g/mol. The number of rotatable bonds is 2. The maximum atomic E-state index is 11.0. The second-order valence-electron chi connectivity index (χ2n) is 4.31. The van der Waals surface area contributed by atoms with Crippen molar-refractivity contribution in [3.63, 3.8) is 0 Å². The fourth-order valence-electron chi connectivity index (χ4n) is 2.14. The Balaban J connectivity index is 2.30. The van der Waals surface area contributed by atoms with Gasteiger partial charge in [0.2, 0.25) is 0 Å². The zero-order valence-corrected chi connectivity index (χ0v) is 12.1. The van der Waals surface area contributed by atoms with E-state index in [1.807, 2.05) is 36.4 Å². The quantitative estimate of drug-likeness (QED) is 0.783. The van der Waals surface area contributed by atoms with Gasteiger partial charge in [0.1, 0.15) is 5.82 Å². The summed E-state index contributed by atoms with van der Waals surface area (Å²) < 4.78 is 2.53. The van der Waals surface area contributed by atoms with E-state index in [4.69, 9.17) is 5.11 Å². The third-order valence-corrected chi connectivity index (χ3v) is 3.73. The Morgan fingerprint density at radius 2 is 1.90 bits per heavy atom. The number of carboxylic acid groups (broad SMARTS) is 1. The van der Waals surface area contributed by atoms with E-state index in [1.54, 1.807) is 11.6 Å². The van der Waals surface area contributed by atoms with Crippen molar-refractivity contribution in [1.82, 2.24) is 14.8 Å². The van der Waals surface area contributed by atoms with Gasteiger partial charge in [-0.25, -0.2) is 14.5 Å². The van der Waals surface area contributed by atoms with Gasteiger partial charge < -0.3 is 5.11 Å². The number of benzene rings is 2. The Kier molecular flexibility index (Phi) is 3.02. The van der Waals surface area contributed by atoms with Crippen LogP contribution in [0.25, 0.3) is 16.5 Å². The standard InChI is InChI=1S/C14H10BrN3O2/c1-8-16-13(14(19)20)17-18(8)12-7-6-11(15)9-4-2-3-5-10(9)12/h2-7H,1H3,(H,19,20). The average molecular weight is 332 g/mol. The maximum Gasteiger partial charge on any atom is 0.375 e. The molecule has 0 bridgehead atoms. The van der Waals surface area contributed by atoms with Crippen LogP contribution in [0.3, 0.4) is 0 Å². The Hall–Kier alpha value is -2.21. The summed E-state index contributed by atoms with van der Waals surface area (Å²) in [6.07, 6.45) is 0. The van der Waals surface area contributed by atoms with Gasteiger partial charge in [0.25, 0.3) is 5.82 Å². The molecule has 0 spiro atoms. The molecule has 0 amide bonds. The number of halogens is 1. The van der Waals surface area contributed by atoms with Crippen molar-refractivity contribution in [2.45, 2.75) is 6.92 Å². The van der Waals surface area contributed by atoms with Crippen LogP contribution in [0.1, 0.15) is 16.4 Å². The lowest BCUT2D eigenvalue weighted by molar-refractivity contribution is 0.0683. The predicted octanol–water partition coefficient (Wildman–Crippen LogP) is 3.19. The molecule has 1 heterocycles. The number of carbonyl (C=O) groups is 1. The first-order valence-corrected chi connectivity index (χ1v) is 6.72. The molecule has 0 saturated heterocycles. The van der Waals surface area contributed by atoms with Gasteiger partial charge >= 0.3 is 5.97 Å². The molecule has 5 nitrogen and oxygen atoms in total. The van der Waals surface area contributed by atoms with Gasteiger partial charge in [0, 0.05) is 9.86 Å². The topological polar surface area (TPSA) is 68.0 Å². The van der Waals surface area contributed by atoms with Crippen molar-refractivity contribution in [1.29, 1.82) is 0 Å². The summed E-state index contributed by atoms with van der Waals surface area (Å²) in [5, 5.41) is 15.0. The van der Waals surface area contributed by atoms with Gasteiger partial charge in [0.15, 0.2) is 0 Å². The first-order chi connectivity index (χ1) is 9.58. The molecule has 0 saturated carbocycles. The molecule has 0 radical (unpaired) electrons. The fourth-order valence-corrected chi connectivity index (χ4v) is 2.62. The number of hydrogen-bond donors (Lipinski definition) is 1. The van der Waals surface area contributed by atoms with E-state index in [0.29, 0.717) is 5.82 Å². The number of carboxylic acids is 1. The minimum Gasteiger partial charge on any atom is -0.475 e. The van der Waals surface area contributed by atoms with Crippen molar-refractivity contribution in [2.75, 3.05) is 0 Å². The SMILES string of the molecule is Cc1nc(C(=O)O)nn1-c1ccc(Br)c2ccccc12. The van der Waals surface area contributed by atoms with Crippen LogP contribution in [-0.4, -0.2) is 25.8 Å². The molecule has 2 aromatic carbocycles. The monoisotopic (exact) mass is 331 g/mol. The summed E-state index contributed by atoms with van der Waals surface area (Å²) in [5.41, 5.74) is 0.807. The van der Waals surface area contributed by atoms with Crippen LogP contribution in [0.4, 0.5) is 0 Å². The van der Waals surface area contributed by atoms with E-state index in [1.165, 1.54) is 0 Å². The summed E-state index contributed by atoms with van der Waals surface area (Å²) in [6, 6.07) is 11.7. The Morgan fingerprint density at radius 1 is 1.20 bits per heavy atom. The van der Waals surface area contributed by atoms with Crippen molar-refractivity contribution in [3.05, 3.63) is 52.5 Å². The fraction of sp³-hybridized carbons (Fsp3) is 0.0714. The summed E-state index contributed by atoms with van der Waals surface area (Å²) in [5.74, 6) is -0.794. The number of aryl methyl sites for hydroxylation is 1. The van der Waals surface area contributed by atoms with Gasteiger partial charge in [0.05, 0.1) is 5.69 Å². The minimum absolute atomic E-state index is 0.200. The lowest BCUT2D eigenvalue weighted by Gasteiger charge is -2.08. The van der Waals surface area contributed by atoms with Gasteiger partial charge in [-0.1, -0.05) is 40.2 Å². The lowest BCUT2D eigenvalue weighted by atomic mass is 10.1. The predicted molar refractivity (Wildman–Crippen MR) is 78.3 cm³/mol. The molecule has 0 aliphatic heterocycles. The van der Waals surface area contributed by atoms with E-state index in [2.05, 4.69) is 26.0 Å². The zero-order valence-electron chi connectivity index (χ0n) is 10.5. The Morgan fingerprint density at radius 3 is 2.55 bits per heavy atom. The normalized spacial score (nSPS) is 10.9. The van der Waals surface area contributed by atoms with Crippen LogP contribution >= 0.6 is 15.9 Å².